The van der Waals surface area contributed by atoms with Crippen LogP contribution in [0.3, 0.4) is 0 Å². The van der Waals surface area contributed by atoms with Crippen LogP contribution in [-0.2, 0) is 18.5 Å². The second-order valence-corrected chi connectivity index (χ2v) is 10.4. The Morgan fingerprint density at radius 1 is 1.15 bits per heavy atom. The minimum Gasteiger partial charge on any atom is -0.298 e. The predicted octanol–water partition coefficient (Wildman–Crippen LogP) is 2.98. The van der Waals surface area contributed by atoms with Crippen molar-refractivity contribution in [3.8, 4) is 0 Å². The summed E-state index contributed by atoms with van der Waals surface area (Å²) in [4.78, 5) is 12.0. The van der Waals surface area contributed by atoms with Crippen molar-refractivity contribution in [3.05, 3.63) is 0 Å². The Morgan fingerprint density at radius 2 is 1.65 bits per heavy atom. The van der Waals surface area contributed by atoms with Crippen LogP contribution in [0.1, 0.15) is 32.1 Å². The topological polar surface area (TPSA) is 60.4 Å². The molecule has 1 rings (SSSR count). The Hall–Kier alpha value is -0.280. The third kappa shape index (κ3) is 4.92. The summed E-state index contributed by atoms with van der Waals surface area (Å²) in [5, 5.41) is 0. The Morgan fingerprint density at radius 3 is 2.10 bits per heavy atom. The van der Waals surface area contributed by atoms with Crippen molar-refractivity contribution in [2.24, 2.45) is 5.92 Å². The largest absolute Gasteiger partial charge is 0.523 e. The molecule has 0 aromatic rings. The van der Waals surface area contributed by atoms with E-state index in [1.807, 2.05) is 0 Å². The van der Waals surface area contributed by atoms with Gasteiger partial charge in [0.15, 0.2) is 0 Å². The first-order valence-electron chi connectivity index (χ1n) is 6.21. The zero-order chi connectivity index (χ0) is 15.6. The van der Waals surface area contributed by atoms with Gasteiger partial charge in [-0.05, 0) is 25.4 Å². The van der Waals surface area contributed by atoms with E-state index in [9.17, 15) is 26.4 Å². The second-order valence-electron chi connectivity index (χ2n) is 5.35. The van der Waals surface area contributed by atoms with Crippen molar-refractivity contribution < 1.29 is 30.0 Å². The van der Waals surface area contributed by atoms with Crippen molar-refractivity contribution in [3.63, 3.8) is 0 Å². The van der Waals surface area contributed by atoms with Gasteiger partial charge in [0.1, 0.15) is 5.78 Å². The van der Waals surface area contributed by atoms with Crippen LogP contribution in [0.2, 0.25) is 0 Å². The molecule has 0 N–H and O–H groups in total. The first-order chi connectivity index (χ1) is 8.95. The summed E-state index contributed by atoms with van der Waals surface area (Å²) in [7, 11) is -8.28. The zero-order valence-electron chi connectivity index (χ0n) is 11.4. The summed E-state index contributed by atoms with van der Waals surface area (Å²) in [6.45, 7) is 0. The quantitative estimate of drug-likeness (QED) is 0.724. The highest BCUT2D eigenvalue weighted by Crippen LogP contribution is 2.47. The van der Waals surface area contributed by atoms with Crippen LogP contribution in [-0.4, -0.2) is 38.0 Å². The van der Waals surface area contributed by atoms with Gasteiger partial charge in [0, 0.05) is 5.92 Å². The van der Waals surface area contributed by atoms with E-state index in [2.05, 4.69) is 3.63 Å². The SMILES string of the molecule is CS(C)(CC(=O)C1CCCCC1)OS(=O)(=O)C(F)(F)F. The van der Waals surface area contributed by atoms with E-state index in [0.717, 1.165) is 32.1 Å². The molecule has 0 aromatic carbocycles. The fraction of sp³-hybridized carbons (Fsp3) is 0.909. The molecule has 0 bridgehead atoms. The van der Waals surface area contributed by atoms with Crippen molar-refractivity contribution in [2.45, 2.75) is 37.6 Å². The van der Waals surface area contributed by atoms with Crippen LogP contribution >= 0.6 is 10.3 Å². The van der Waals surface area contributed by atoms with E-state index in [0.29, 0.717) is 0 Å². The molecular weight excluding hydrogens is 317 g/mol. The number of carbonyl (C=O) groups is 1. The molecule has 0 aliphatic heterocycles. The fourth-order valence-electron chi connectivity index (χ4n) is 2.19. The van der Waals surface area contributed by atoms with E-state index in [-0.39, 0.29) is 17.5 Å². The minimum absolute atomic E-state index is 0.173. The molecular formula is C11H19F3O4S2. The maximum absolute atomic E-state index is 12.3. The highest BCUT2D eigenvalue weighted by Gasteiger charge is 2.49. The lowest BCUT2D eigenvalue weighted by Gasteiger charge is -2.31. The Bertz CT molecular complexity index is 451. The molecule has 0 saturated heterocycles. The Kier molecular flexibility index (Phi) is 5.53. The molecule has 1 fully saturated rings. The summed E-state index contributed by atoms with van der Waals surface area (Å²) in [6, 6.07) is 0. The molecule has 0 radical (unpaired) electrons. The molecule has 1 aliphatic rings. The van der Waals surface area contributed by atoms with Crippen LogP contribution in [0.4, 0.5) is 13.2 Å². The maximum Gasteiger partial charge on any atom is 0.523 e. The molecule has 0 unspecified atom stereocenters. The molecule has 0 atom stereocenters. The maximum atomic E-state index is 12.3. The number of hydrogen-bond acceptors (Lipinski definition) is 4. The average Bonchev–Trinajstić information content (AvgIpc) is 2.26. The number of carbonyl (C=O) groups excluding carboxylic acids is 1. The smallest absolute Gasteiger partial charge is 0.298 e. The van der Waals surface area contributed by atoms with Gasteiger partial charge in [0.2, 0.25) is 0 Å². The van der Waals surface area contributed by atoms with Crippen LogP contribution in [0.15, 0.2) is 0 Å². The molecule has 20 heavy (non-hydrogen) atoms. The van der Waals surface area contributed by atoms with Crippen molar-refractivity contribution in [1.82, 2.24) is 0 Å². The van der Waals surface area contributed by atoms with Gasteiger partial charge in [-0.25, -0.2) is 3.63 Å². The van der Waals surface area contributed by atoms with Gasteiger partial charge in [0.25, 0.3) is 0 Å². The second kappa shape index (κ2) is 6.23. The van der Waals surface area contributed by atoms with Crippen molar-refractivity contribution in [2.75, 3.05) is 18.3 Å². The molecule has 1 saturated carbocycles. The monoisotopic (exact) mass is 336 g/mol. The van der Waals surface area contributed by atoms with Crippen LogP contribution in [0, 0.1) is 5.92 Å². The first-order valence-corrected chi connectivity index (χ1v) is 10.2. The minimum atomic E-state index is -5.65. The van der Waals surface area contributed by atoms with Crippen LogP contribution < -0.4 is 0 Å². The Balaban J connectivity index is 2.67. The standard InChI is InChI=1S/C11H19F3O4S2/c1-19(2,18-20(16,17)11(12,13)14)8-10(15)9-6-4-3-5-7-9/h9H,3-8H2,1-2H3. The highest BCUT2D eigenvalue weighted by molar-refractivity contribution is 8.32. The zero-order valence-corrected chi connectivity index (χ0v) is 13.0. The first kappa shape index (κ1) is 17.8. The number of rotatable bonds is 5. The summed E-state index contributed by atoms with van der Waals surface area (Å²) in [5.74, 6) is -0.623. The molecule has 0 aromatic heterocycles. The van der Waals surface area contributed by atoms with E-state index in [4.69, 9.17) is 0 Å². The third-order valence-corrected chi connectivity index (χ3v) is 6.84. The van der Waals surface area contributed by atoms with E-state index < -0.39 is 25.9 Å². The third-order valence-electron chi connectivity index (χ3n) is 3.11. The number of halogens is 3. The molecule has 0 heterocycles. The van der Waals surface area contributed by atoms with Crippen LogP contribution in [0.25, 0.3) is 0 Å². The lowest BCUT2D eigenvalue weighted by Crippen LogP contribution is -2.30. The fourth-order valence-corrected chi connectivity index (χ4v) is 5.55. The summed E-state index contributed by atoms with van der Waals surface area (Å²) < 4.78 is 63.1. The highest BCUT2D eigenvalue weighted by atomic mass is 32.3. The Labute approximate surface area is 118 Å². The van der Waals surface area contributed by atoms with Gasteiger partial charge < -0.3 is 0 Å². The normalized spacial score (nSPS) is 19.9. The van der Waals surface area contributed by atoms with E-state index in [1.54, 1.807) is 0 Å². The van der Waals surface area contributed by atoms with Crippen LogP contribution in [0.5, 0.6) is 0 Å². The average molecular weight is 336 g/mol. The molecule has 120 valence electrons. The van der Waals surface area contributed by atoms with Crippen molar-refractivity contribution >= 4 is 26.2 Å². The molecule has 9 heteroatoms. The molecule has 1 aliphatic carbocycles. The van der Waals surface area contributed by atoms with Gasteiger partial charge in [0.05, 0.1) is 5.75 Å². The number of Topliss-reactive ketones (excluding diaryl/α,β-unsaturated/α-hetero) is 1. The number of ketones is 1. The van der Waals surface area contributed by atoms with Gasteiger partial charge >= 0.3 is 15.6 Å². The van der Waals surface area contributed by atoms with Gasteiger partial charge in [-0.3, -0.25) is 4.79 Å². The summed E-state index contributed by atoms with van der Waals surface area (Å²) in [5.41, 5.74) is -5.45. The van der Waals surface area contributed by atoms with Gasteiger partial charge in [-0.15, -0.1) is 10.3 Å². The summed E-state index contributed by atoms with van der Waals surface area (Å²) >= 11 is 0. The lowest BCUT2D eigenvalue weighted by atomic mass is 9.87. The van der Waals surface area contributed by atoms with E-state index >= 15 is 0 Å². The number of hydrogen-bond donors (Lipinski definition) is 0. The van der Waals surface area contributed by atoms with Gasteiger partial charge in [-0.1, -0.05) is 19.3 Å². The predicted molar refractivity (Wildman–Crippen MR) is 71.9 cm³/mol. The number of alkyl halides is 3. The van der Waals surface area contributed by atoms with Crippen molar-refractivity contribution in [1.29, 1.82) is 0 Å². The lowest BCUT2D eigenvalue weighted by molar-refractivity contribution is -0.121. The molecule has 4 nitrogen and oxygen atoms in total. The molecule has 0 spiro atoms. The molecule has 0 amide bonds. The van der Waals surface area contributed by atoms with Gasteiger partial charge in [-0.2, -0.15) is 21.6 Å². The van der Waals surface area contributed by atoms with E-state index in [1.165, 1.54) is 12.5 Å². The summed E-state index contributed by atoms with van der Waals surface area (Å²) in [6.07, 6.45) is 6.87.